The second-order valence-corrected chi connectivity index (χ2v) is 5.94. The Morgan fingerprint density at radius 3 is 2.19 bits per heavy atom. The van der Waals surface area contributed by atoms with Gasteiger partial charge in [-0.15, -0.1) is 28.7 Å². The van der Waals surface area contributed by atoms with Crippen LogP contribution in [0.25, 0.3) is 0 Å². The Balaban J connectivity index is 0.00000161. The van der Waals surface area contributed by atoms with E-state index in [4.69, 9.17) is 5.10 Å². The highest BCUT2D eigenvalue weighted by Crippen LogP contribution is 2.21. The summed E-state index contributed by atoms with van der Waals surface area (Å²) < 4.78 is 0. The van der Waals surface area contributed by atoms with Crippen molar-refractivity contribution in [2.24, 2.45) is 5.10 Å². The summed E-state index contributed by atoms with van der Waals surface area (Å²) in [4.78, 5) is 0. The van der Waals surface area contributed by atoms with Crippen molar-refractivity contribution >= 4 is 33.8 Å². The molecule has 0 fully saturated rings. The average Bonchev–Trinajstić information content (AvgIpc) is 2.95. The molecule has 0 aromatic heterocycles. The first-order valence-corrected chi connectivity index (χ1v) is 7.92. The minimum atomic E-state index is 0. The lowest BCUT2D eigenvalue weighted by Crippen LogP contribution is -2.12. The standard InChI is InChI=1S/C17H18N2S.BrH/c1-3-7-15(8-4-1)13-19-12-11-17(18-19)20-14-16-9-5-2-6-10-16;/h1-10H,11-14H2;1H. The number of hydrazone groups is 1. The summed E-state index contributed by atoms with van der Waals surface area (Å²) in [5.74, 6) is 1.01. The zero-order chi connectivity index (χ0) is 13.6. The normalized spacial score (nSPS) is 13.7. The Kier molecular flexibility index (Phi) is 6.33. The third-order valence-electron chi connectivity index (χ3n) is 3.29. The molecule has 0 atom stereocenters. The lowest BCUT2D eigenvalue weighted by Gasteiger charge is -2.12. The SMILES string of the molecule is Br.c1ccc(CSC2=NN(Cc3ccccc3)CC2)cc1. The van der Waals surface area contributed by atoms with Gasteiger partial charge in [-0.2, -0.15) is 5.10 Å². The molecule has 2 nitrogen and oxygen atoms in total. The van der Waals surface area contributed by atoms with Gasteiger partial charge in [0.15, 0.2) is 0 Å². The fraction of sp³-hybridized carbons (Fsp3) is 0.235. The molecule has 2 aromatic carbocycles. The summed E-state index contributed by atoms with van der Waals surface area (Å²) in [5, 5.41) is 8.14. The van der Waals surface area contributed by atoms with Crippen LogP contribution >= 0.6 is 28.7 Å². The highest BCUT2D eigenvalue weighted by Gasteiger charge is 2.14. The molecule has 110 valence electrons. The summed E-state index contributed by atoms with van der Waals surface area (Å²) in [6.07, 6.45) is 1.07. The van der Waals surface area contributed by atoms with Gasteiger partial charge >= 0.3 is 0 Å². The number of hydrogen-bond donors (Lipinski definition) is 0. The molecule has 0 aliphatic carbocycles. The smallest absolute Gasteiger partial charge is 0.0955 e. The van der Waals surface area contributed by atoms with Crippen molar-refractivity contribution in [1.29, 1.82) is 0 Å². The molecule has 0 saturated heterocycles. The van der Waals surface area contributed by atoms with Gasteiger partial charge < -0.3 is 0 Å². The highest BCUT2D eigenvalue weighted by molar-refractivity contribution is 8.93. The molecule has 0 saturated carbocycles. The zero-order valence-corrected chi connectivity index (χ0v) is 14.3. The number of thioether (sulfide) groups is 1. The van der Waals surface area contributed by atoms with Crippen LogP contribution < -0.4 is 0 Å². The van der Waals surface area contributed by atoms with Crippen molar-refractivity contribution in [1.82, 2.24) is 5.01 Å². The molecular weight excluding hydrogens is 344 g/mol. The molecule has 1 aliphatic rings. The summed E-state index contributed by atoms with van der Waals surface area (Å²) in [5.41, 5.74) is 2.69. The maximum absolute atomic E-state index is 4.71. The molecule has 4 heteroatoms. The van der Waals surface area contributed by atoms with Gasteiger partial charge in [-0.1, -0.05) is 60.7 Å². The Morgan fingerprint density at radius 1 is 0.905 bits per heavy atom. The number of hydrogen-bond acceptors (Lipinski definition) is 3. The number of rotatable bonds is 4. The van der Waals surface area contributed by atoms with Crippen LogP contribution in [0.2, 0.25) is 0 Å². The van der Waals surface area contributed by atoms with Crippen molar-refractivity contribution < 1.29 is 0 Å². The molecule has 0 amide bonds. The zero-order valence-electron chi connectivity index (χ0n) is 11.8. The molecular formula is C17H19BrN2S. The molecule has 21 heavy (non-hydrogen) atoms. The van der Waals surface area contributed by atoms with E-state index in [1.54, 1.807) is 0 Å². The fourth-order valence-electron chi connectivity index (χ4n) is 2.23. The first kappa shape index (κ1) is 16.1. The van der Waals surface area contributed by atoms with Crippen LogP contribution in [0.3, 0.4) is 0 Å². The number of nitrogens with zero attached hydrogens (tertiary/aromatic N) is 2. The number of halogens is 1. The van der Waals surface area contributed by atoms with Crippen molar-refractivity contribution in [2.75, 3.05) is 6.54 Å². The van der Waals surface area contributed by atoms with E-state index in [2.05, 4.69) is 65.7 Å². The van der Waals surface area contributed by atoms with Crippen LogP contribution in [0.4, 0.5) is 0 Å². The van der Waals surface area contributed by atoms with E-state index >= 15 is 0 Å². The van der Waals surface area contributed by atoms with Gasteiger partial charge in [-0.05, 0) is 11.1 Å². The Bertz CT molecular complexity index is 572. The van der Waals surface area contributed by atoms with E-state index in [0.717, 1.165) is 25.3 Å². The van der Waals surface area contributed by atoms with Crippen LogP contribution in [-0.2, 0) is 12.3 Å². The molecule has 1 heterocycles. The first-order valence-electron chi connectivity index (χ1n) is 6.93. The Morgan fingerprint density at radius 2 is 1.52 bits per heavy atom. The Hall–Kier alpha value is -1.26. The van der Waals surface area contributed by atoms with E-state index in [-0.39, 0.29) is 17.0 Å². The van der Waals surface area contributed by atoms with Crippen molar-refractivity contribution in [2.45, 2.75) is 18.7 Å². The van der Waals surface area contributed by atoms with Crippen LogP contribution in [-0.4, -0.2) is 16.6 Å². The quantitative estimate of drug-likeness (QED) is 0.781. The predicted molar refractivity (Wildman–Crippen MR) is 97.0 cm³/mol. The van der Waals surface area contributed by atoms with Crippen molar-refractivity contribution in [3.05, 3.63) is 71.8 Å². The summed E-state index contributed by atoms with van der Waals surface area (Å²) in [6, 6.07) is 21.1. The summed E-state index contributed by atoms with van der Waals surface area (Å²) in [7, 11) is 0. The second-order valence-electron chi connectivity index (χ2n) is 4.89. The summed E-state index contributed by atoms with van der Waals surface area (Å²) in [6.45, 7) is 1.95. The van der Waals surface area contributed by atoms with Gasteiger partial charge in [0.1, 0.15) is 0 Å². The second kappa shape index (κ2) is 8.25. The maximum Gasteiger partial charge on any atom is 0.0955 e. The van der Waals surface area contributed by atoms with Gasteiger partial charge in [0, 0.05) is 18.7 Å². The minimum Gasteiger partial charge on any atom is -0.291 e. The van der Waals surface area contributed by atoms with Crippen LogP contribution in [0.1, 0.15) is 17.5 Å². The summed E-state index contributed by atoms with van der Waals surface area (Å²) >= 11 is 1.86. The largest absolute Gasteiger partial charge is 0.291 e. The molecule has 2 aromatic rings. The van der Waals surface area contributed by atoms with E-state index in [1.807, 2.05) is 11.8 Å². The molecule has 0 spiro atoms. The molecule has 3 rings (SSSR count). The van der Waals surface area contributed by atoms with Gasteiger partial charge in [-0.25, -0.2) is 0 Å². The monoisotopic (exact) mass is 362 g/mol. The lowest BCUT2D eigenvalue weighted by atomic mass is 10.2. The molecule has 0 bridgehead atoms. The fourth-order valence-corrected chi connectivity index (χ4v) is 3.17. The van der Waals surface area contributed by atoms with Crippen molar-refractivity contribution in [3.8, 4) is 0 Å². The van der Waals surface area contributed by atoms with Gasteiger partial charge in [-0.3, -0.25) is 5.01 Å². The van der Waals surface area contributed by atoms with E-state index in [9.17, 15) is 0 Å². The molecule has 0 unspecified atom stereocenters. The molecule has 0 N–H and O–H groups in total. The lowest BCUT2D eigenvalue weighted by molar-refractivity contribution is 0.310. The molecule has 1 aliphatic heterocycles. The van der Waals surface area contributed by atoms with Crippen LogP contribution in [0, 0.1) is 0 Å². The van der Waals surface area contributed by atoms with E-state index in [1.165, 1.54) is 16.2 Å². The number of benzene rings is 2. The highest BCUT2D eigenvalue weighted by atomic mass is 79.9. The van der Waals surface area contributed by atoms with Gasteiger partial charge in [0.2, 0.25) is 0 Å². The van der Waals surface area contributed by atoms with Crippen LogP contribution in [0.15, 0.2) is 65.8 Å². The van der Waals surface area contributed by atoms with Gasteiger partial charge in [0.25, 0.3) is 0 Å². The molecule has 0 radical (unpaired) electrons. The maximum atomic E-state index is 4.71. The van der Waals surface area contributed by atoms with Gasteiger partial charge in [0.05, 0.1) is 11.6 Å². The third-order valence-corrected chi connectivity index (χ3v) is 4.39. The van der Waals surface area contributed by atoms with E-state index < -0.39 is 0 Å². The predicted octanol–water partition coefficient (Wildman–Crippen LogP) is 4.72. The minimum absolute atomic E-state index is 0. The Labute approximate surface area is 141 Å². The average molecular weight is 363 g/mol. The van der Waals surface area contributed by atoms with Crippen molar-refractivity contribution in [3.63, 3.8) is 0 Å². The third kappa shape index (κ3) is 4.90. The van der Waals surface area contributed by atoms with Crippen LogP contribution in [0.5, 0.6) is 0 Å². The van der Waals surface area contributed by atoms with E-state index in [0.29, 0.717) is 0 Å². The topological polar surface area (TPSA) is 15.6 Å². The first-order chi connectivity index (χ1) is 9.90.